The number of ether oxygens (including phenoxy) is 1. The molecule has 0 aliphatic heterocycles. The van der Waals surface area contributed by atoms with Crippen molar-refractivity contribution in [2.75, 3.05) is 13.7 Å². The van der Waals surface area contributed by atoms with E-state index in [0.29, 0.717) is 0 Å². The Morgan fingerprint density at radius 1 is 1.09 bits per heavy atom. The van der Waals surface area contributed by atoms with Gasteiger partial charge in [0, 0.05) is 6.54 Å². The zero-order chi connectivity index (χ0) is 16.2. The number of carbonyl (C=O) groups excluding carboxylic acids is 1. The molecule has 2 aromatic carbocycles. The van der Waals surface area contributed by atoms with Crippen LogP contribution in [0.3, 0.4) is 0 Å². The van der Waals surface area contributed by atoms with Crippen molar-refractivity contribution >= 4 is 16.8 Å². The van der Waals surface area contributed by atoms with Crippen LogP contribution in [-0.2, 0) is 6.54 Å². The smallest absolute Gasteiger partial charge is 0.405 e. The highest BCUT2D eigenvalue weighted by molar-refractivity contribution is 5.84. The van der Waals surface area contributed by atoms with Gasteiger partial charge in [0.1, 0.15) is 12.3 Å². The summed E-state index contributed by atoms with van der Waals surface area (Å²) < 4.78 is 41.0. The van der Waals surface area contributed by atoms with Gasteiger partial charge in [-0.25, -0.2) is 4.79 Å². The Morgan fingerprint density at radius 2 is 1.77 bits per heavy atom. The Kier molecular flexibility index (Phi) is 4.75. The normalized spacial score (nSPS) is 11.3. The summed E-state index contributed by atoms with van der Waals surface area (Å²) in [4.78, 5) is 11.3. The first-order valence-corrected chi connectivity index (χ1v) is 6.52. The van der Waals surface area contributed by atoms with E-state index >= 15 is 0 Å². The van der Waals surface area contributed by atoms with Gasteiger partial charge in [-0.2, -0.15) is 13.2 Å². The summed E-state index contributed by atoms with van der Waals surface area (Å²) in [6.45, 7) is -1.21. The maximum Gasteiger partial charge on any atom is 0.405 e. The molecule has 0 heterocycles. The van der Waals surface area contributed by atoms with Crippen LogP contribution < -0.4 is 15.4 Å². The van der Waals surface area contributed by atoms with Gasteiger partial charge in [-0.05, 0) is 34.5 Å². The van der Waals surface area contributed by atoms with Crippen LogP contribution >= 0.6 is 0 Å². The molecule has 0 bridgehead atoms. The Balaban J connectivity index is 1.96. The van der Waals surface area contributed by atoms with E-state index in [9.17, 15) is 18.0 Å². The van der Waals surface area contributed by atoms with E-state index in [1.807, 2.05) is 30.3 Å². The maximum atomic E-state index is 12.0. The number of alkyl halides is 3. The first-order chi connectivity index (χ1) is 10.4. The molecular formula is C15H15F3N2O2. The fourth-order valence-corrected chi connectivity index (χ4v) is 1.94. The maximum absolute atomic E-state index is 12.0. The second-order valence-corrected chi connectivity index (χ2v) is 4.70. The average Bonchev–Trinajstić information content (AvgIpc) is 2.49. The van der Waals surface area contributed by atoms with E-state index in [4.69, 9.17) is 4.74 Å². The molecule has 0 saturated carbocycles. The molecule has 0 aromatic heterocycles. The number of urea groups is 1. The molecule has 2 aromatic rings. The van der Waals surface area contributed by atoms with Gasteiger partial charge in [-0.15, -0.1) is 0 Å². The van der Waals surface area contributed by atoms with Crippen LogP contribution in [0.5, 0.6) is 5.75 Å². The minimum absolute atomic E-state index is 0.145. The molecule has 0 spiro atoms. The second kappa shape index (κ2) is 6.55. The molecular weight excluding hydrogens is 297 g/mol. The minimum atomic E-state index is -4.42. The molecule has 4 nitrogen and oxygen atoms in total. The van der Waals surface area contributed by atoms with Gasteiger partial charge >= 0.3 is 12.2 Å². The van der Waals surface area contributed by atoms with Crippen LogP contribution in [0.4, 0.5) is 18.0 Å². The summed E-state index contributed by atoms with van der Waals surface area (Å²) in [5.41, 5.74) is 0.792. The minimum Gasteiger partial charge on any atom is -0.497 e. The fourth-order valence-electron chi connectivity index (χ4n) is 1.94. The van der Waals surface area contributed by atoms with Gasteiger partial charge in [0.05, 0.1) is 7.11 Å². The largest absolute Gasteiger partial charge is 0.497 e. The van der Waals surface area contributed by atoms with E-state index in [2.05, 4.69) is 5.32 Å². The lowest BCUT2D eigenvalue weighted by Crippen LogP contribution is -2.40. The van der Waals surface area contributed by atoms with Crippen molar-refractivity contribution in [1.82, 2.24) is 10.6 Å². The monoisotopic (exact) mass is 312 g/mol. The van der Waals surface area contributed by atoms with Gasteiger partial charge in [0.2, 0.25) is 0 Å². The summed E-state index contributed by atoms with van der Waals surface area (Å²) in [6, 6.07) is 10.2. The van der Waals surface area contributed by atoms with Crippen molar-refractivity contribution in [3.63, 3.8) is 0 Å². The molecule has 0 unspecified atom stereocenters. The lowest BCUT2D eigenvalue weighted by molar-refractivity contribution is -0.122. The van der Waals surface area contributed by atoms with Crippen LogP contribution in [0.1, 0.15) is 5.56 Å². The summed E-state index contributed by atoms with van der Waals surface area (Å²) in [7, 11) is 1.58. The van der Waals surface area contributed by atoms with Gasteiger partial charge in [-0.3, -0.25) is 0 Å². The van der Waals surface area contributed by atoms with E-state index in [-0.39, 0.29) is 6.54 Å². The highest BCUT2D eigenvalue weighted by atomic mass is 19.4. The Labute approximate surface area is 125 Å². The highest BCUT2D eigenvalue weighted by Crippen LogP contribution is 2.21. The third kappa shape index (κ3) is 4.54. The molecule has 0 radical (unpaired) electrons. The van der Waals surface area contributed by atoms with Crippen molar-refractivity contribution in [2.45, 2.75) is 12.7 Å². The predicted molar refractivity (Wildman–Crippen MR) is 76.8 cm³/mol. The third-order valence-electron chi connectivity index (χ3n) is 3.01. The van der Waals surface area contributed by atoms with Crippen LogP contribution in [0.25, 0.3) is 10.8 Å². The second-order valence-electron chi connectivity index (χ2n) is 4.70. The van der Waals surface area contributed by atoms with E-state index in [0.717, 1.165) is 22.1 Å². The summed E-state index contributed by atoms with van der Waals surface area (Å²) >= 11 is 0. The number of hydrogen-bond donors (Lipinski definition) is 2. The lowest BCUT2D eigenvalue weighted by Gasteiger charge is -2.10. The zero-order valence-electron chi connectivity index (χ0n) is 11.8. The molecule has 0 atom stereocenters. The van der Waals surface area contributed by atoms with Crippen molar-refractivity contribution < 1.29 is 22.7 Å². The first kappa shape index (κ1) is 15.9. The molecule has 0 saturated heterocycles. The number of benzene rings is 2. The van der Waals surface area contributed by atoms with Crippen molar-refractivity contribution in [1.29, 1.82) is 0 Å². The van der Waals surface area contributed by atoms with Crippen LogP contribution in [0, 0.1) is 0 Å². The molecule has 2 rings (SSSR count). The predicted octanol–water partition coefficient (Wildman–Crippen LogP) is 3.21. The fraction of sp³-hybridized carbons (Fsp3) is 0.267. The number of hydrogen-bond acceptors (Lipinski definition) is 2. The molecule has 0 aliphatic carbocycles. The zero-order valence-corrected chi connectivity index (χ0v) is 11.8. The highest BCUT2D eigenvalue weighted by Gasteiger charge is 2.27. The molecule has 2 amide bonds. The molecule has 22 heavy (non-hydrogen) atoms. The van der Waals surface area contributed by atoms with Gasteiger partial charge in [-0.1, -0.05) is 18.2 Å². The lowest BCUT2D eigenvalue weighted by atomic mass is 10.1. The van der Waals surface area contributed by atoms with Gasteiger partial charge < -0.3 is 15.4 Å². The van der Waals surface area contributed by atoms with Crippen LogP contribution in [0.2, 0.25) is 0 Å². The number of methoxy groups -OCH3 is 1. The van der Waals surface area contributed by atoms with Crippen molar-refractivity contribution in [2.24, 2.45) is 0 Å². The third-order valence-corrected chi connectivity index (χ3v) is 3.01. The number of halogens is 3. The van der Waals surface area contributed by atoms with Gasteiger partial charge in [0.25, 0.3) is 0 Å². The van der Waals surface area contributed by atoms with Gasteiger partial charge in [0.15, 0.2) is 0 Å². The molecule has 118 valence electrons. The summed E-state index contributed by atoms with van der Waals surface area (Å²) in [6.07, 6.45) is -4.42. The molecule has 7 heteroatoms. The van der Waals surface area contributed by atoms with Crippen molar-refractivity contribution in [3.8, 4) is 5.75 Å². The Morgan fingerprint density at radius 3 is 2.45 bits per heavy atom. The Hall–Kier alpha value is -2.44. The summed E-state index contributed by atoms with van der Waals surface area (Å²) in [5.74, 6) is 0.741. The van der Waals surface area contributed by atoms with Crippen LogP contribution in [0.15, 0.2) is 36.4 Å². The number of fused-ring (bicyclic) bond motifs is 1. The SMILES string of the molecule is COc1ccc2cc(CNC(=O)NCC(F)(F)F)ccc2c1. The number of carbonyl (C=O) groups is 1. The average molecular weight is 312 g/mol. The van der Waals surface area contributed by atoms with E-state index in [1.54, 1.807) is 18.5 Å². The Bertz CT molecular complexity index is 671. The number of amides is 2. The molecule has 0 fully saturated rings. The molecule has 2 N–H and O–H groups in total. The van der Waals surface area contributed by atoms with Crippen LogP contribution in [-0.4, -0.2) is 25.9 Å². The number of nitrogens with one attached hydrogen (secondary N) is 2. The summed E-state index contributed by atoms with van der Waals surface area (Å²) in [5, 5.41) is 6.07. The standard InChI is InChI=1S/C15H15F3N2O2/c1-22-13-5-4-11-6-10(2-3-12(11)7-13)8-19-14(21)20-9-15(16,17)18/h2-7H,8-9H2,1H3,(H2,19,20,21). The quantitative estimate of drug-likeness (QED) is 0.911. The topological polar surface area (TPSA) is 50.4 Å². The van der Waals surface area contributed by atoms with Crippen molar-refractivity contribution in [3.05, 3.63) is 42.0 Å². The number of rotatable bonds is 4. The van der Waals surface area contributed by atoms with E-state index < -0.39 is 18.8 Å². The first-order valence-electron chi connectivity index (χ1n) is 6.52. The molecule has 0 aliphatic rings. The van der Waals surface area contributed by atoms with E-state index in [1.165, 1.54) is 0 Å².